The van der Waals surface area contributed by atoms with Gasteiger partial charge in [0.1, 0.15) is 17.0 Å². The molecule has 0 atom stereocenters. The molecule has 0 spiro atoms. The molecule has 4 rings (SSSR count). The van der Waals surface area contributed by atoms with Gasteiger partial charge in [0.25, 0.3) is 0 Å². The van der Waals surface area contributed by atoms with Crippen molar-refractivity contribution in [3.05, 3.63) is 47.9 Å². The van der Waals surface area contributed by atoms with Gasteiger partial charge in [-0.1, -0.05) is 6.07 Å². The number of fused-ring (bicyclic) bond motifs is 1. The number of oxazole rings is 1. The average Bonchev–Trinajstić information content (AvgIpc) is 3.15. The molecule has 1 aliphatic heterocycles. The minimum absolute atomic E-state index is 0.137. The molecule has 8 heteroatoms. The van der Waals surface area contributed by atoms with Crippen LogP contribution in [0.1, 0.15) is 11.5 Å². The van der Waals surface area contributed by atoms with Crippen LogP contribution in [0.2, 0.25) is 0 Å². The number of hydrogen-bond donors (Lipinski definition) is 1. The van der Waals surface area contributed by atoms with Crippen LogP contribution < -0.4 is 14.8 Å². The topological polar surface area (TPSA) is 80.1 Å². The lowest BCUT2D eigenvalue weighted by molar-refractivity contribution is 0.136. The predicted molar refractivity (Wildman–Crippen MR) is 114 cm³/mol. The van der Waals surface area contributed by atoms with Crippen molar-refractivity contribution in [2.24, 2.45) is 0 Å². The number of nitrogens with one attached hydrogen (secondary N) is 1. The number of hydrogen-bond acceptors (Lipinski definition) is 6. The summed E-state index contributed by atoms with van der Waals surface area (Å²) in [4.78, 5) is 21.3. The van der Waals surface area contributed by atoms with Crippen molar-refractivity contribution in [1.29, 1.82) is 0 Å². The highest BCUT2D eigenvalue weighted by Gasteiger charge is 2.22. The summed E-state index contributed by atoms with van der Waals surface area (Å²) < 4.78 is 16.4. The van der Waals surface area contributed by atoms with Crippen LogP contribution in [0.4, 0.5) is 10.5 Å². The third-order valence-corrected chi connectivity index (χ3v) is 5.21. The van der Waals surface area contributed by atoms with E-state index in [4.69, 9.17) is 13.9 Å². The normalized spacial score (nSPS) is 14.7. The van der Waals surface area contributed by atoms with Gasteiger partial charge in [-0.25, -0.2) is 9.78 Å². The second kappa shape index (κ2) is 8.62. The maximum Gasteiger partial charge on any atom is 0.321 e. The fourth-order valence-corrected chi connectivity index (χ4v) is 3.54. The van der Waals surface area contributed by atoms with Crippen molar-refractivity contribution in [2.45, 2.75) is 13.5 Å². The molecule has 2 amide bonds. The van der Waals surface area contributed by atoms with Crippen molar-refractivity contribution < 1.29 is 18.7 Å². The van der Waals surface area contributed by atoms with Crippen molar-refractivity contribution in [1.82, 2.24) is 14.8 Å². The zero-order valence-corrected chi connectivity index (χ0v) is 17.5. The lowest BCUT2D eigenvalue weighted by atomic mass is 10.2. The molecule has 0 bridgehead atoms. The summed E-state index contributed by atoms with van der Waals surface area (Å²) in [5.41, 5.74) is 3.50. The number of amides is 2. The second-order valence-electron chi connectivity index (χ2n) is 7.37. The number of piperazine rings is 1. The first-order chi connectivity index (χ1) is 14.5. The number of rotatable bonds is 5. The Hall–Kier alpha value is -3.26. The Labute approximate surface area is 175 Å². The fourth-order valence-electron chi connectivity index (χ4n) is 3.54. The van der Waals surface area contributed by atoms with Gasteiger partial charge in [-0.05, 0) is 24.6 Å². The Morgan fingerprint density at radius 2 is 1.77 bits per heavy atom. The van der Waals surface area contributed by atoms with E-state index in [0.29, 0.717) is 42.7 Å². The molecule has 0 unspecified atom stereocenters. The molecule has 0 saturated carbocycles. The maximum absolute atomic E-state index is 12.7. The van der Waals surface area contributed by atoms with Gasteiger partial charge in [-0.2, -0.15) is 0 Å². The molecule has 3 aromatic rings. The van der Waals surface area contributed by atoms with Crippen LogP contribution in [-0.2, 0) is 6.54 Å². The molecule has 1 N–H and O–H groups in total. The van der Waals surface area contributed by atoms with E-state index in [1.807, 2.05) is 25.1 Å². The van der Waals surface area contributed by atoms with E-state index in [0.717, 1.165) is 29.8 Å². The van der Waals surface area contributed by atoms with Gasteiger partial charge < -0.3 is 24.1 Å². The molecule has 0 aliphatic carbocycles. The number of aryl methyl sites for hydroxylation is 1. The summed E-state index contributed by atoms with van der Waals surface area (Å²) in [6, 6.07) is 11.2. The van der Waals surface area contributed by atoms with E-state index >= 15 is 0 Å². The van der Waals surface area contributed by atoms with Gasteiger partial charge in [0.15, 0.2) is 5.58 Å². The summed E-state index contributed by atoms with van der Waals surface area (Å²) in [5.74, 6) is 1.96. The monoisotopic (exact) mass is 410 g/mol. The Balaban J connectivity index is 1.33. The number of aromatic nitrogens is 1. The lowest BCUT2D eigenvalue weighted by Gasteiger charge is -2.34. The zero-order valence-electron chi connectivity index (χ0n) is 17.5. The number of nitrogens with zero attached hydrogens (tertiary/aromatic N) is 3. The lowest BCUT2D eigenvalue weighted by Crippen LogP contribution is -2.49. The molecule has 158 valence electrons. The number of carbonyl (C=O) groups is 1. The Morgan fingerprint density at radius 1 is 1.07 bits per heavy atom. The van der Waals surface area contributed by atoms with E-state index in [-0.39, 0.29) is 6.03 Å². The number of ether oxygens (including phenoxy) is 2. The van der Waals surface area contributed by atoms with Crippen molar-refractivity contribution in [3.63, 3.8) is 0 Å². The molecular formula is C22H26N4O4. The third-order valence-electron chi connectivity index (χ3n) is 5.21. The highest BCUT2D eigenvalue weighted by atomic mass is 16.5. The van der Waals surface area contributed by atoms with Crippen LogP contribution in [0.5, 0.6) is 11.5 Å². The van der Waals surface area contributed by atoms with Crippen LogP contribution in [0.25, 0.3) is 11.1 Å². The molecule has 2 aromatic carbocycles. The molecule has 1 fully saturated rings. The van der Waals surface area contributed by atoms with Crippen molar-refractivity contribution in [3.8, 4) is 11.5 Å². The molecule has 1 saturated heterocycles. The fraction of sp³-hybridized carbons (Fsp3) is 0.364. The highest BCUT2D eigenvalue weighted by molar-refractivity contribution is 5.90. The summed E-state index contributed by atoms with van der Waals surface area (Å²) in [6.45, 7) is 5.45. The molecule has 8 nitrogen and oxygen atoms in total. The predicted octanol–water partition coefficient (Wildman–Crippen LogP) is 3.50. The molecule has 30 heavy (non-hydrogen) atoms. The quantitative estimate of drug-likeness (QED) is 0.693. The molecule has 2 heterocycles. The maximum atomic E-state index is 12.7. The van der Waals surface area contributed by atoms with Crippen LogP contribution in [-0.4, -0.2) is 61.2 Å². The van der Waals surface area contributed by atoms with E-state index in [9.17, 15) is 4.79 Å². The van der Waals surface area contributed by atoms with E-state index in [2.05, 4.69) is 15.2 Å². The highest BCUT2D eigenvalue weighted by Crippen LogP contribution is 2.26. The van der Waals surface area contributed by atoms with Gasteiger partial charge in [0.2, 0.25) is 5.89 Å². The largest absolute Gasteiger partial charge is 0.497 e. The Morgan fingerprint density at radius 3 is 2.43 bits per heavy atom. The number of anilines is 1. The Bertz CT molecular complexity index is 1020. The first-order valence-corrected chi connectivity index (χ1v) is 9.91. The molecular weight excluding hydrogens is 384 g/mol. The van der Waals surface area contributed by atoms with Crippen LogP contribution in [0, 0.1) is 6.92 Å². The van der Waals surface area contributed by atoms with Gasteiger partial charge in [0, 0.05) is 50.1 Å². The first-order valence-electron chi connectivity index (χ1n) is 9.91. The number of benzene rings is 2. The molecule has 0 radical (unpaired) electrons. The van der Waals surface area contributed by atoms with E-state index < -0.39 is 0 Å². The number of urea groups is 1. The summed E-state index contributed by atoms with van der Waals surface area (Å²) in [5, 5.41) is 2.93. The third kappa shape index (κ3) is 4.49. The van der Waals surface area contributed by atoms with Crippen LogP contribution in [0.3, 0.4) is 0 Å². The van der Waals surface area contributed by atoms with Gasteiger partial charge >= 0.3 is 6.03 Å². The standard InChI is InChI=1S/C22H26N4O4/c1-15-4-5-20-19(10-15)24-21(30-20)14-25-6-8-26(9-7-25)22(27)23-16-11-17(28-2)13-18(12-16)29-3/h4-5,10-13H,6-9,14H2,1-3H3,(H,23,27). The number of carbonyl (C=O) groups excluding carboxylic acids is 1. The molecule has 1 aromatic heterocycles. The Kier molecular flexibility index (Phi) is 5.76. The number of methoxy groups -OCH3 is 2. The summed E-state index contributed by atoms with van der Waals surface area (Å²) in [7, 11) is 3.16. The average molecular weight is 410 g/mol. The summed E-state index contributed by atoms with van der Waals surface area (Å²) in [6.07, 6.45) is 0. The summed E-state index contributed by atoms with van der Waals surface area (Å²) >= 11 is 0. The molecule has 1 aliphatic rings. The zero-order chi connectivity index (χ0) is 21.1. The van der Waals surface area contributed by atoms with Crippen molar-refractivity contribution >= 4 is 22.8 Å². The van der Waals surface area contributed by atoms with E-state index in [1.54, 1.807) is 37.3 Å². The van der Waals surface area contributed by atoms with Gasteiger partial charge in [-0.3, -0.25) is 4.90 Å². The minimum Gasteiger partial charge on any atom is -0.497 e. The van der Waals surface area contributed by atoms with E-state index in [1.165, 1.54) is 0 Å². The minimum atomic E-state index is -0.137. The van der Waals surface area contributed by atoms with Crippen molar-refractivity contribution in [2.75, 3.05) is 45.7 Å². The van der Waals surface area contributed by atoms with Crippen LogP contribution >= 0.6 is 0 Å². The van der Waals surface area contributed by atoms with Crippen LogP contribution in [0.15, 0.2) is 40.8 Å². The van der Waals surface area contributed by atoms with Gasteiger partial charge in [0.05, 0.1) is 20.8 Å². The van der Waals surface area contributed by atoms with Gasteiger partial charge in [-0.15, -0.1) is 0 Å². The first kappa shape index (κ1) is 20.0. The smallest absolute Gasteiger partial charge is 0.321 e. The SMILES string of the molecule is COc1cc(NC(=O)N2CCN(Cc3nc4cc(C)ccc4o3)CC2)cc(OC)c1. The second-order valence-corrected chi connectivity index (χ2v) is 7.37.